The third kappa shape index (κ3) is 8.42. The van der Waals surface area contributed by atoms with Crippen LogP contribution in [-0.4, -0.2) is 29.4 Å². The lowest BCUT2D eigenvalue weighted by molar-refractivity contribution is -0.136. The van der Waals surface area contributed by atoms with Gasteiger partial charge in [-0.1, -0.05) is 79.4 Å². The van der Waals surface area contributed by atoms with E-state index < -0.39 is 11.9 Å². The standard InChI is InChI=1S/C32H35ClN2O4/c33-28-16-8-23(9-17-28)21-35-32(39)29(26-14-12-25(13-15-26)24-4-2-1-3-5-24)20-22-6-10-27(11-7-22)31(38)34-19-18-30(36)37/h6-17,24,29H,1-5,18-21H2,(H,34,38)(H,35,39)(H,36,37). The molecule has 1 aliphatic carbocycles. The molecule has 4 rings (SSSR count). The first kappa shape index (κ1) is 28.4. The highest BCUT2D eigenvalue weighted by molar-refractivity contribution is 6.30. The van der Waals surface area contributed by atoms with Crippen LogP contribution in [0.3, 0.4) is 0 Å². The molecule has 204 valence electrons. The number of aliphatic carboxylic acids is 1. The highest BCUT2D eigenvalue weighted by Crippen LogP contribution is 2.33. The Bertz CT molecular complexity index is 1250. The molecule has 39 heavy (non-hydrogen) atoms. The third-order valence-corrected chi connectivity index (χ3v) is 7.64. The smallest absolute Gasteiger partial charge is 0.305 e. The summed E-state index contributed by atoms with van der Waals surface area (Å²) in [6, 6.07) is 23.1. The lowest BCUT2D eigenvalue weighted by Crippen LogP contribution is -2.30. The summed E-state index contributed by atoms with van der Waals surface area (Å²) in [6.07, 6.45) is 6.66. The van der Waals surface area contributed by atoms with Crippen LogP contribution >= 0.6 is 11.6 Å². The summed E-state index contributed by atoms with van der Waals surface area (Å²) in [7, 11) is 0. The Morgan fingerprint density at radius 1 is 0.821 bits per heavy atom. The minimum absolute atomic E-state index is 0.0640. The van der Waals surface area contributed by atoms with Gasteiger partial charge in [0.05, 0.1) is 12.3 Å². The minimum atomic E-state index is -0.960. The predicted octanol–water partition coefficient (Wildman–Crippen LogP) is 6.23. The highest BCUT2D eigenvalue weighted by atomic mass is 35.5. The number of rotatable bonds is 11. The van der Waals surface area contributed by atoms with Crippen LogP contribution in [0.5, 0.6) is 0 Å². The van der Waals surface area contributed by atoms with Gasteiger partial charge in [0.2, 0.25) is 5.91 Å². The summed E-state index contributed by atoms with van der Waals surface area (Å²) in [5.41, 5.74) is 4.65. The Balaban J connectivity index is 1.47. The number of hydrogen-bond acceptors (Lipinski definition) is 3. The molecule has 3 aromatic carbocycles. The molecule has 0 spiro atoms. The van der Waals surface area contributed by atoms with Gasteiger partial charge >= 0.3 is 5.97 Å². The lowest BCUT2D eigenvalue weighted by atomic mass is 9.83. The Kier molecular flexibility index (Phi) is 10.1. The molecule has 0 heterocycles. The summed E-state index contributed by atoms with van der Waals surface area (Å²) in [5.74, 6) is -1.14. The fraction of sp³-hybridized carbons (Fsp3) is 0.344. The fourth-order valence-corrected chi connectivity index (χ4v) is 5.25. The summed E-state index contributed by atoms with van der Waals surface area (Å²) in [5, 5.41) is 15.1. The molecular formula is C32H35ClN2O4. The van der Waals surface area contributed by atoms with Crippen molar-refractivity contribution in [1.82, 2.24) is 10.6 Å². The summed E-state index contributed by atoms with van der Waals surface area (Å²) >= 11 is 6.00. The fourth-order valence-electron chi connectivity index (χ4n) is 5.13. The van der Waals surface area contributed by atoms with Crippen molar-refractivity contribution >= 4 is 29.4 Å². The van der Waals surface area contributed by atoms with E-state index in [4.69, 9.17) is 16.7 Å². The number of carboxylic acid groups (broad SMARTS) is 1. The van der Waals surface area contributed by atoms with Crippen molar-refractivity contribution in [2.45, 2.75) is 63.3 Å². The molecule has 6 nitrogen and oxygen atoms in total. The van der Waals surface area contributed by atoms with Gasteiger partial charge in [-0.15, -0.1) is 0 Å². The number of hydrogen-bond donors (Lipinski definition) is 3. The van der Waals surface area contributed by atoms with Gasteiger partial charge in [-0.25, -0.2) is 0 Å². The number of carboxylic acids is 1. The number of carbonyl (C=O) groups is 3. The van der Waals surface area contributed by atoms with Crippen molar-refractivity contribution in [3.63, 3.8) is 0 Å². The molecule has 0 aliphatic heterocycles. The third-order valence-electron chi connectivity index (χ3n) is 7.39. The van der Waals surface area contributed by atoms with E-state index in [0.717, 1.165) is 16.7 Å². The Morgan fingerprint density at radius 3 is 2.10 bits per heavy atom. The van der Waals surface area contributed by atoms with Crippen molar-refractivity contribution in [2.75, 3.05) is 6.54 Å². The van der Waals surface area contributed by atoms with E-state index in [0.29, 0.717) is 29.5 Å². The van der Waals surface area contributed by atoms with E-state index in [9.17, 15) is 14.4 Å². The van der Waals surface area contributed by atoms with Gasteiger partial charge in [-0.05, 0) is 71.7 Å². The zero-order valence-corrected chi connectivity index (χ0v) is 22.8. The maximum atomic E-state index is 13.5. The molecule has 1 unspecified atom stereocenters. The summed E-state index contributed by atoms with van der Waals surface area (Å²) in [4.78, 5) is 36.5. The normalized spacial score (nSPS) is 14.4. The molecule has 1 atom stereocenters. The Hall–Kier alpha value is -3.64. The zero-order chi connectivity index (χ0) is 27.6. The first-order chi connectivity index (χ1) is 18.9. The molecule has 0 radical (unpaired) electrons. The van der Waals surface area contributed by atoms with Gasteiger partial charge in [-0.3, -0.25) is 14.4 Å². The second kappa shape index (κ2) is 13.9. The van der Waals surface area contributed by atoms with Gasteiger partial charge in [0.25, 0.3) is 5.91 Å². The second-order valence-corrected chi connectivity index (χ2v) is 10.6. The molecule has 1 fully saturated rings. The van der Waals surface area contributed by atoms with Gasteiger partial charge in [-0.2, -0.15) is 0 Å². The number of benzene rings is 3. The molecule has 2 amide bonds. The molecule has 0 bridgehead atoms. The van der Waals surface area contributed by atoms with Crippen LogP contribution in [0.4, 0.5) is 0 Å². The van der Waals surface area contributed by atoms with Gasteiger partial charge in [0, 0.05) is 23.7 Å². The zero-order valence-electron chi connectivity index (χ0n) is 22.0. The van der Waals surface area contributed by atoms with Crippen molar-refractivity contribution in [2.24, 2.45) is 0 Å². The highest BCUT2D eigenvalue weighted by Gasteiger charge is 2.23. The number of carbonyl (C=O) groups excluding carboxylic acids is 2. The van der Waals surface area contributed by atoms with E-state index in [-0.39, 0.29) is 24.8 Å². The molecule has 1 saturated carbocycles. The largest absolute Gasteiger partial charge is 0.481 e. The van der Waals surface area contributed by atoms with Crippen LogP contribution < -0.4 is 10.6 Å². The Labute approximate surface area is 234 Å². The van der Waals surface area contributed by atoms with Crippen LogP contribution in [0, 0.1) is 0 Å². The molecular weight excluding hydrogens is 512 g/mol. The van der Waals surface area contributed by atoms with Crippen molar-refractivity contribution in [3.05, 3.63) is 106 Å². The van der Waals surface area contributed by atoms with Crippen molar-refractivity contribution < 1.29 is 19.5 Å². The monoisotopic (exact) mass is 546 g/mol. The van der Waals surface area contributed by atoms with E-state index >= 15 is 0 Å². The first-order valence-electron chi connectivity index (χ1n) is 13.6. The first-order valence-corrected chi connectivity index (χ1v) is 14.0. The lowest BCUT2D eigenvalue weighted by Gasteiger charge is -2.23. The molecule has 3 aromatic rings. The predicted molar refractivity (Wildman–Crippen MR) is 153 cm³/mol. The molecule has 3 N–H and O–H groups in total. The molecule has 0 aromatic heterocycles. The van der Waals surface area contributed by atoms with E-state index in [2.05, 4.69) is 34.9 Å². The van der Waals surface area contributed by atoms with Crippen LogP contribution in [0.25, 0.3) is 0 Å². The molecule has 7 heteroatoms. The quantitative estimate of drug-likeness (QED) is 0.265. The number of nitrogens with one attached hydrogen (secondary N) is 2. The second-order valence-electron chi connectivity index (χ2n) is 10.2. The van der Waals surface area contributed by atoms with Crippen molar-refractivity contribution in [3.8, 4) is 0 Å². The average Bonchev–Trinajstić information content (AvgIpc) is 2.96. The number of halogens is 1. The number of amides is 2. The van der Waals surface area contributed by atoms with Crippen LogP contribution in [-0.2, 0) is 22.6 Å². The SMILES string of the molecule is O=C(O)CCNC(=O)c1ccc(CC(C(=O)NCc2ccc(Cl)cc2)c2ccc(C3CCCCC3)cc2)cc1. The summed E-state index contributed by atoms with van der Waals surface area (Å²) in [6.45, 7) is 0.477. The van der Waals surface area contributed by atoms with Crippen molar-refractivity contribution in [1.29, 1.82) is 0 Å². The van der Waals surface area contributed by atoms with E-state index in [1.807, 2.05) is 36.4 Å². The maximum absolute atomic E-state index is 13.5. The van der Waals surface area contributed by atoms with Gasteiger partial charge in [0.15, 0.2) is 0 Å². The maximum Gasteiger partial charge on any atom is 0.305 e. The van der Waals surface area contributed by atoms with Gasteiger partial charge < -0.3 is 15.7 Å². The topological polar surface area (TPSA) is 95.5 Å². The van der Waals surface area contributed by atoms with Crippen LogP contribution in [0.2, 0.25) is 5.02 Å². The Morgan fingerprint density at radius 2 is 1.46 bits per heavy atom. The van der Waals surface area contributed by atoms with Crippen LogP contribution in [0.15, 0.2) is 72.8 Å². The van der Waals surface area contributed by atoms with E-state index in [1.54, 1.807) is 12.1 Å². The molecule has 0 saturated heterocycles. The average molecular weight is 547 g/mol. The summed E-state index contributed by atoms with van der Waals surface area (Å²) < 4.78 is 0. The minimum Gasteiger partial charge on any atom is -0.481 e. The van der Waals surface area contributed by atoms with Crippen LogP contribution in [0.1, 0.15) is 83.0 Å². The van der Waals surface area contributed by atoms with E-state index in [1.165, 1.54) is 37.7 Å². The van der Waals surface area contributed by atoms with Gasteiger partial charge in [0.1, 0.15) is 0 Å². The molecule has 1 aliphatic rings.